The van der Waals surface area contributed by atoms with Crippen LogP contribution in [0.25, 0.3) is 0 Å². The van der Waals surface area contributed by atoms with E-state index in [4.69, 9.17) is 23.2 Å². The Hall–Kier alpha value is -0.480. The van der Waals surface area contributed by atoms with Gasteiger partial charge in [0.2, 0.25) is 0 Å². The van der Waals surface area contributed by atoms with Gasteiger partial charge in [0.25, 0.3) is 0 Å². The molecule has 4 atom stereocenters. The first-order chi connectivity index (χ1) is 8.49. The summed E-state index contributed by atoms with van der Waals surface area (Å²) >= 11 is 11.1. The molecule has 2 amide bonds. The molecule has 0 aromatic heterocycles. The number of halogens is 2. The summed E-state index contributed by atoms with van der Waals surface area (Å²) in [7, 11) is 0. The summed E-state index contributed by atoms with van der Waals surface area (Å²) in [6, 6.07) is 0. The van der Waals surface area contributed by atoms with Gasteiger partial charge in [0.05, 0.1) is 11.1 Å². The molecular weight excluding hydrogens is 275 g/mol. The van der Waals surface area contributed by atoms with Gasteiger partial charge < -0.3 is 10.6 Å². The molecule has 3 aliphatic carbocycles. The predicted molar refractivity (Wildman–Crippen MR) is 68.9 cm³/mol. The van der Waals surface area contributed by atoms with Gasteiger partial charge in [-0.1, -0.05) is 6.42 Å². The lowest BCUT2D eigenvalue weighted by Gasteiger charge is -2.48. The molecule has 3 rings (SSSR count). The Morgan fingerprint density at radius 2 is 1.78 bits per heavy atom. The van der Waals surface area contributed by atoms with Gasteiger partial charge in [-0.05, 0) is 67.1 Å². The summed E-state index contributed by atoms with van der Waals surface area (Å²) in [6.45, 7) is 0. The molecule has 0 aromatic rings. The molecule has 2 N–H and O–H groups in total. The molecule has 4 nitrogen and oxygen atoms in total. The van der Waals surface area contributed by atoms with Crippen molar-refractivity contribution in [2.75, 3.05) is 0 Å². The number of fused-ring (bicyclic) bond motifs is 5. The number of carbonyl (C=O) groups is 2. The summed E-state index contributed by atoms with van der Waals surface area (Å²) in [5.74, 6) is 0.997. The quantitative estimate of drug-likeness (QED) is 0.607. The molecule has 0 spiro atoms. The van der Waals surface area contributed by atoms with Crippen molar-refractivity contribution >= 4 is 33.9 Å². The maximum Gasteiger partial charge on any atom is 0.314 e. The molecule has 100 valence electrons. The number of hydrogen-bond acceptors (Lipinski definition) is 2. The van der Waals surface area contributed by atoms with Gasteiger partial charge in [0, 0.05) is 0 Å². The van der Waals surface area contributed by atoms with Crippen LogP contribution >= 0.6 is 23.2 Å². The Kier molecular flexibility index (Phi) is 2.79. The van der Waals surface area contributed by atoms with Crippen molar-refractivity contribution in [2.45, 2.75) is 49.6 Å². The van der Waals surface area contributed by atoms with Crippen LogP contribution < -0.4 is 10.6 Å². The highest BCUT2D eigenvalue weighted by Crippen LogP contribution is 2.63. The minimum Gasteiger partial charge on any atom is -0.335 e. The second-order valence-electron chi connectivity index (χ2n) is 5.85. The van der Waals surface area contributed by atoms with Crippen molar-refractivity contribution in [3.63, 3.8) is 0 Å². The number of nitrogens with one attached hydrogen (secondary N) is 2. The molecule has 18 heavy (non-hydrogen) atoms. The maximum absolute atomic E-state index is 11.4. The standard InChI is InChI=1S/C12H16Cl2N2O2/c13-9(17)15-11-5-3-7(6-11)8-2-1-4-12(8,11)16-10(14)18/h7-8H,1-6H2,(H,15,17)(H,16,18). The van der Waals surface area contributed by atoms with Crippen molar-refractivity contribution in [3.8, 4) is 0 Å². The molecule has 0 aliphatic heterocycles. The lowest BCUT2D eigenvalue weighted by Crippen LogP contribution is -2.68. The minimum atomic E-state index is -0.536. The number of rotatable bonds is 2. The summed E-state index contributed by atoms with van der Waals surface area (Å²) in [4.78, 5) is 22.7. The van der Waals surface area contributed by atoms with Crippen LogP contribution in [0.4, 0.5) is 9.59 Å². The third-order valence-electron chi connectivity index (χ3n) is 5.35. The highest BCUT2D eigenvalue weighted by molar-refractivity contribution is 6.63. The Morgan fingerprint density at radius 1 is 1.06 bits per heavy atom. The zero-order chi connectivity index (χ0) is 13.0. The van der Waals surface area contributed by atoms with Crippen LogP contribution in [0.1, 0.15) is 38.5 Å². The average Bonchev–Trinajstić information content (AvgIpc) is 2.85. The van der Waals surface area contributed by atoms with Crippen LogP contribution in [0.15, 0.2) is 0 Å². The van der Waals surface area contributed by atoms with Gasteiger partial charge in [0.1, 0.15) is 0 Å². The van der Waals surface area contributed by atoms with Crippen LogP contribution in [0, 0.1) is 11.8 Å². The van der Waals surface area contributed by atoms with E-state index >= 15 is 0 Å². The van der Waals surface area contributed by atoms with Gasteiger partial charge in [-0.15, -0.1) is 0 Å². The van der Waals surface area contributed by atoms with Gasteiger partial charge in [-0.3, -0.25) is 9.59 Å². The lowest BCUT2D eigenvalue weighted by molar-refractivity contribution is 0.124. The topological polar surface area (TPSA) is 58.2 Å². The fraction of sp³-hybridized carbons (Fsp3) is 0.833. The van der Waals surface area contributed by atoms with Gasteiger partial charge >= 0.3 is 10.7 Å². The number of amides is 2. The second-order valence-corrected chi connectivity index (χ2v) is 6.54. The van der Waals surface area contributed by atoms with Crippen molar-refractivity contribution in [3.05, 3.63) is 0 Å². The molecule has 3 fully saturated rings. The van der Waals surface area contributed by atoms with E-state index < -0.39 is 10.7 Å². The fourth-order valence-corrected chi connectivity index (χ4v) is 5.31. The van der Waals surface area contributed by atoms with E-state index in [1.54, 1.807) is 0 Å². The van der Waals surface area contributed by atoms with E-state index in [1.165, 1.54) is 0 Å². The predicted octanol–water partition coefficient (Wildman–Crippen LogP) is 2.97. The highest BCUT2D eigenvalue weighted by atomic mass is 35.5. The third kappa shape index (κ3) is 1.51. The van der Waals surface area contributed by atoms with E-state index in [0.717, 1.165) is 38.5 Å². The van der Waals surface area contributed by atoms with Crippen LogP contribution in [-0.2, 0) is 0 Å². The number of carbonyl (C=O) groups excluding carboxylic acids is 2. The molecule has 6 heteroatoms. The van der Waals surface area contributed by atoms with Crippen molar-refractivity contribution in [2.24, 2.45) is 11.8 Å². The van der Waals surface area contributed by atoms with Crippen LogP contribution in [0.2, 0.25) is 0 Å². The summed E-state index contributed by atoms with van der Waals surface area (Å²) in [6.07, 6.45) is 5.93. The Bertz CT molecular complexity index is 417. The molecular formula is C12H16Cl2N2O2. The molecule has 0 saturated heterocycles. The van der Waals surface area contributed by atoms with Gasteiger partial charge in [0.15, 0.2) is 0 Å². The molecule has 3 aliphatic rings. The van der Waals surface area contributed by atoms with Gasteiger partial charge in [-0.2, -0.15) is 0 Å². The summed E-state index contributed by atoms with van der Waals surface area (Å²) in [5, 5.41) is 4.80. The summed E-state index contributed by atoms with van der Waals surface area (Å²) in [5.41, 5.74) is -0.762. The average molecular weight is 291 g/mol. The summed E-state index contributed by atoms with van der Waals surface area (Å²) < 4.78 is 0. The molecule has 0 heterocycles. The van der Waals surface area contributed by atoms with Crippen molar-refractivity contribution in [1.82, 2.24) is 10.6 Å². The van der Waals surface area contributed by atoms with Crippen molar-refractivity contribution in [1.29, 1.82) is 0 Å². The first kappa shape index (κ1) is 12.5. The molecule has 0 radical (unpaired) electrons. The second kappa shape index (κ2) is 4.01. The first-order valence-corrected chi connectivity index (χ1v) is 7.20. The number of hydrogen-bond donors (Lipinski definition) is 2. The van der Waals surface area contributed by atoms with Crippen LogP contribution in [0.5, 0.6) is 0 Å². The van der Waals surface area contributed by atoms with E-state index in [-0.39, 0.29) is 11.1 Å². The van der Waals surface area contributed by atoms with Crippen molar-refractivity contribution < 1.29 is 9.59 Å². The molecule has 2 bridgehead atoms. The minimum absolute atomic E-state index is 0.376. The zero-order valence-electron chi connectivity index (χ0n) is 9.97. The smallest absolute Gasteiger partial charge is 0.314 e. The normalized spacial score (nSPS) is 44.8. The van der Waals surface area contributed by atoms with Gasteiger partial charge in [-0.25, -0.2) is 0 Å². The lowest BCUT2D eigenvalue weighted by atomic mass is 9.70. The third-order valence-corrected chi connectivity index (χ3v) is 5.54. The van der Waals surface area contributed by atoms with E-state index in [0.29, 0.717) is 11.8 Å². The van der Waals surface area contributed by atoms with Crippen LogP contribution in [0.3, 0.4) is 0 Å². The first-order valence-electron chi connectivity index (χ1n) is 6.44. The van der Waals surface area contributed by atoms with E-state index in [9.17, 15) is 9.59 Å². The Morgan fingerprint density at radius 3 is 2.44 bits per heavy atom. The SMILES string of the molecule is O=C(Cl)NC12CCC(C1)C1CCCC12NC(=O)Cl. The molecule has 4 unspecified atom stereocenters. The zero-order valence-corrected chi connectivity index (χ0v) is 11.5. The maximum atomic E-state index is 11.4. The highest BCUT2D eigenvalue weighted by Gasteiger charge is 2.69. The fourth-order valence-electron chi connectivity index (χ4n) is 4.96. The molecule has 0 aromatic carbocycles. The Labute approximate surface area is 116 Å². The largest absolute Gasteiger partial charge is 0.335 e. The monoisotopic (exact) mass is 290 g/mol. The molecule has 3 saturated carbocycles. The van der Waals surface area contributed by atoms with Crippen LogP contribution in [-0.4, -0.2) is 21.8 Å². The van der Waals surface area contributed by atoms with E-state index in [1.807, 2.05) is 0 Å². The Balaban J connectivity index is 2.00. The van der Waals surface area contributed by atoms with E-state index in [2.05, 4.69) is 10.6 Å².